The van der Waals surface area contributed by atoms with Crippen LogP contribution in [0.25, 0.3) is 22.5 Å². The minimum atomic E-state index is -1.03. The molecule has 15 heteroatoms. The first-order chi connectivity index (χ1) is 24.3. The van der Waals surface area contributed by atoms with Crippen LogP contribution in [0, 0.1) is 18.8 Å². The molecule has 1 aliphatic carbocycles. The number of aryl methyl sites for hydroxylation is 1. The number of nitrogens with one attached hydrogen (secondary N) is 3. The Kier molecular flexibility index (Phi) is 11.5. The van der Waals surface area contributed by atoms with Gasteiger partial charge in [-0.2, -0.15) is 5.21 Å². The third-order valence-electron chi connectivity index (χ3n) is 8.58. The van der Waals surface area contributed by atoms with E-state index in [2.05, 4.69) is 41.2 Å². The summed E-state index contributed by atoms with van der Waals surface area (Å²) in [5.74, 6) is -0.724. The summed E-state index contributed by atoms with van der Waals surface area (Å²) < 4.78 is 5.35. The molecule has 4 aromatic rings. The van der Waals surface area contributed by atoms with Crippen LogP contribution in [0.2, 0.25) is 0 Å². The van der Waals surface area contributed by atoms with Crippen LogP contribution in [0.5, 0.6) is 0 Å². The van der Waals surface area contributed by atoms with E-state index in [-0.39, 0.29) is 30.1 Å². The van der Waals surface area contributed by atoms with Crippen molar-refractivity contribution in [2.45, 2.75) is 78.4 Å². The van der Waals surface area contributed by atoms with Crippen LogP contribution >= 0.6 is 0 Å². The average Bonchev–Trinajstić information content (AvgIpc) is 3.62. The number of nitrogens with two attached hydrogens (primary N) is 1. The van der Waals surface area contributed by atoms with E-state index in [0.717, 1.165) is 16.7 Å². The van der Waals surface area contributed by atoms with E-state index in [4.69, 9.17) is 10.5 Å². The molecule has 15 nitrogen and oxygen atoms in total. The number of nitrogens with zero attached hydrogens (tertiary/aromatic N) is 6. The van der Waals surface area contributed by atoms with Gasteiger partial charge in [0.2, 0.25) is 23.6 Å². The van der Waals surface area contributed by atoms with Crippen molar-refractivity contribution in [3.63, 3.8) is 0 Å². The van der Waals surface area contributed by atoms with E-state index in [1.165, 1.54) is 11.8 Å². The first-order valence-corrected chi connectivity index (χ1v) is 16.9. The molecular weight excluding hydrogens is 652 g/mol. The van der Waals surface area contributed by atoms with Gasteiger partial charge in [0.05, 0.1) is 17.4 Å². The Bertz CT molecular complexity index is 1850. The number of H-pyrrole nitrogens is 1. The highest BCUT2D eigenvalue weighted by molar-refractivity contribution is 6.17. The van der Waals surface area contributed by atoms with E-state index < -0.39 is 29.6 Å². The molecule has 0 saturated heterocycles. The smallest absolute Gasteiger partial charge is 0.407 e. The average molecular weight is 697 g/mol. The summed E-state index contributed by atoms with van der Waals surface area (Å²) in [5.41, 5.74) is 10.1. The highest BCUT2D eigenvalue weighted by Crippen LogP contribution is 2.32. The second kappa shape index (κ2) is 16.0. The summed E-state index contributed by atoms with van der Waals surface area (Å²) in [6.45, 7) is 9.09. The van der Waals surface area contributed by atoms with Gasteiger partial charge in [0.25, 0.3) is 5.91 Å². The molecule has 0 spiro atoms. The number of hydrogen-bond acceptors (Lipinski definition) is 11. The Morgan fingerprint density at radius 1 is 1.04 bits per heavy atom. The molecule has 2 aromatic heterocycles. The van der Waals surface area contributed by atoms with Crippen molar-refractivity contribution >= 4 is 35.5 Å². The molecule has 0 bridgehead atoms. The molecule has 5 rings (SSSR count). The van der Waals surface area contributed by atoms with Gasteiger partial charge in [0, 0.05) is 36.7 Å². The summed E-state index contributed by atoms with van der Waals surface area (Å²) in [7, 11) is 0. The number of alkyl carbamates (subject to hydrolysis) is 1. The first-order valence-electron chi connectivity index (χ1n) is 16.9. The van der Waals surface area contributed by atoms with Crippen LogP contribution in [0.3, 0.4) is 0 Å². The number of tetrazole rings is 1. The molecule has 1 saturated carbocycles. The second-order valence-corrected chi connectivity index (χ2v) is 13.8. The number of ether oxygens (including phenoxy) is 1. The highest BCUT2D eigenvalue weighted by Gasteiger charge is 2.35. The normalized spacial score (nSPS) is 16.5. The van der Waals surface area contributed by atoms with Gasteiger partial charge in [-0.3, -0.25) is 19.7 Å². The zero-order valence-corrected chi connectivity index (χ0v) is 29.5. The zero-order valence-electron chi connectivity index (χ0n) is 29.5. The van der Waals surface area contributed by atoms with Crippen molar-refractivity contribution in [3.05, 3.63) is 66.0 Å². The zero-order chi connectivity index (χ0) is 36.7. The number of carbonyl (C=O) groups excluding carboxylic acids is 4. The lowest BCUT2D eigenvalue weighted by Crippen LogP contribution is -2.50. The maximum atomic E-state index is 14.2. The Hall–Kier alpha value is -5.57. The fraction of sp³-hybridized carbons (Fsp3) is 0.417. The lowest BCUT2D eigenvalue weighted by atomic mass is 9.81. The summed E-state index contributed by atoms with van der Waals surface area (Å²) >= 11 is 0. The Labute approximate surface area is 296 Å². The molecule has 0 radical (unpaired) electrons. The van der Waals surface area contributed by atoms with E-state index in [9.17, 15) is 19.2 Å². The molecule has 4 amide bonds. The van der Waals surface area contributed by atoms with Crippen molar-refractivity contribution in [2.24, 2.45) is 17.6 Å². The Morgan fingerprint density at radius 3 is 2.39 bits per heavy atom. The summed E-state index contributed by atoms with van der Waals surface area (Å²) in [5, 5.41) is 19.5. The summed E-state index contributed by atoms with van der Waals surface area (Å²) in [6.07, 6.45) is 3.87. The Morgan fingerprint density at radius 2 is 1.76 bits per heavy atom. The molecule has 2 heterocycles. The van der Waals surface area contributed by atoms with Crippen LogP contribution < -0.4 is 21.3 Å². The monoisotopic (exact) mass is 696 g/mol. The van der Waals surface area contributed by atoms with Gasteiger partial charge in [-0.15, -0.1) is 10.2 Å². The van der Waals surface area contributed by atoms with E-state index in [0.29, 0.717) is 55.0 Å². The molecule has 2 aromatic carbocycles. The van der Waals surface area contributed by atoms with Gasteiger partial charge in [-0.25, -0.2) is 19.7 Å². The number of carbonyl (C=O) groups is 4. The van der Waals surface area contributed by atoms with Gasteiger partial charge >= 0.3 is 6.09 Å². The van der Waals surface area contributed by atoms with Gasteiger partial charge < -0.3 is 15.8 Å². The second-order valence-electron chi connectivity index (χ2n) is 13.8. The van der Waals surface area contributed by atoms with Gasteiger partial charge in [-0.05, 0) is 106 Å². The standard InChI is InChI=1S/C36H44N10O5/c1-21-29(20-38-34(40-21)41-22(2)47)27-8-6-7-24(17-27)18-30(37)33(49)46(28-15-13-25(14-16-28)31-42-44-45-43-31)32(48)26-11-9-23(10-12-26)19-39-35(50)51-36(3,4)5/h6-8,13-17,20,23,26,30H,9-12,18-19,37H2,1-5H3,(H,39,50)(H,38,40,41,47)(H,42,43,44,45)/t23?,26?,30-/m0/s1. The quantitative estimate of drug-likeness (QED) is 0.183. The third kappa shape index (κ3) is 9.78. The molecular formula is C36H44N10O5. The SMILES string of the molecule is CC(=O)Nc1ncc(-c2cccc(C[C@H](N)C(=O)N(C(=O)C3CCC(CNC(=O)OC(C)(C)C)CC3)c3ccc(-c4nn[nH]n4)cc3)c2)c(C)n1. The number of aromatic nitrogens is 6. The fourth-order valence-electron chi connectivity index (χ4n) is 6.09. The predicted molar refractivity (Wildman–Crippen MR) is 190 cm³/mol. The van der Waals surface area contributed by atoms with Crippen molar-refractivity contribution in [1.29, 1.82) is 0 Å². The molecule has 5 N–H and O–H groups in total. The predicted octanol–water partition coefficient (Wildman–Crippen LogP) is 4.35. The Balaban J connectivity index is 1.31. The lowest BCUT2D eigenvalue weighted by Gasteiger charge is -2.32. The van der Waals surface area contributed by atoms with Crippen LogP contribution in [-0.2, 0) is 25.5 Å². The van der Waals surface area contributed by atoms with Gasteiger partial charge in [0.15, 0.2) is 0 Å². The van der Waals surface area contributed by atoms with Crippen molar-refractivity contribution in [2.75, 3.05) is 16.8 Å². The van der Waals surface area contributed by atoms with Gasteiger partial charge in [-0.1, -0.05) is 24.3 Å². The summed E-state index contributed by atoms with van der Waals surface area (Å²) in [4.78, 5) is 61.8. The molecule has 0 aliphatic heterocycles. The number of aromatic amines is 1. The maximum Gasteiger partial charge on any atom is 0.407 e. The highest BCUT2D eigenvalue weighted by atomic mass is 16.6. The minimum absolute atomic E-state index is 0.171. The number of benzene rings is 2. The largest absolute Gasteiger partial charge is 0.444 e. The molecule has 0 unspecified atom stereocenters. The van der Waals surface area contributed by atoms with Crippen molar-refractivity contribution < 1.29 is 23.9 Å². The lowest BCUT2D eigenvalue weighted by molar-refractivity contribution is -0.130. The fourth-order valence-corrected chi connectivity index (χ4v) is 6.09. The molecule has 1 atom stereocenters. The van der Waals surface area contributed by atoms with E-state index >= 15 is 0 Å². The molecule has 1 fully saturated rings. The minimum Gasteiger partial charge on any atom is -0.444 e. The number of imide groups is 1. The molecule has 1 aliphatic rings. The number of amides is 4. The third-order valence-corrected chi connectivity index (χ3v) is 8.58. The number of anilines is 2. The number of rotatable bonds is 10. The molecule has 51 heavy (non-hydrogen) atoms. The first kappa shape index (κ1) is 36.7. The topological polar surface area (TPSA) is 211 Å². The van der Waals surface area contributed by atoms with Crippen molar-refractivity contribution in [3.8, 4) is 22.5 Å². The van der Waals surface area contributed by atoms with Crippen LogP contribution in [-0.4, -0.2) is 72.6 Å². The van der Waals surface area contributed by atoms with Crippen LogP contribution in [0.4, 0.5) is 16.4 Å². The summed E-state index contributed by atoms with van der Waals surface area (Å²) in [6, 6.07) is 13.3. The van der Waals surface area contributed by atoms with Crippen LogP contribution in [0.15, 0.2) is 54.7 Å². The van der Waals surface area contributed by atoms with Crippen LogP contribution in [0.1, 0.15) is 64.6 Å². The van der Waals surface area contributed by atoms with E-state index in [1.54, 1.807) is 30.5 Å². The van der Waals surface area contributed by atoms with E-state index in [1.807, 2.05) is 52.0 Å². The number of hydrogen-bond donors (Lipinski definition) is 4. The maximum absolute atomic E-state index is 14.2. The van der Waals surface area contributed by atoms with Gasteiger partial charge in [0.1, 0.15) is 5.60 Å². The molecule has 268 valence electrons. The van der Waals surface area contributed by atoms with Crippen molar-refractivity contribution in [1.82, 2.24) is 35.9 Å².